The number of thiazole rings is 1. The molecule has 0 radical (unpaired) electrons. The Kier molecular flexibility index (Phi) is 6.35. The van der Waals surface area contributed by atoms with Crippen LogP contribution in [0.25, 0.3) is 10.2 Å². The smallest absolute Gasteiger partial charge is 0.260 e. The van der Waals surface area contributed by atoms with Gasteiger partial charge in [-0.15, -0.1) is 0 Å². The number of fused-ring (bicyclic) bond motifs is 1. The Hall–Kier alpha value is -3.21. The van der Waals surface area contributed by atoms with Gasteiger partial charge in [-0.05, 0) is 68.3 Å². The van der Waals surface area contributed by atoms with Crippen LogP contribution in [-0.4, -0.2) is 43.3 Å². The summed E-state index contributed by atoms with van der Waals surface area (Å²) in [4.78, 5) is 20.1. The molecular weight excluding hydrogens is 486 g/mol. The molecule has 1 fully saturated rings. The average molecular weight is 512 g/mol. The highest BCUT2D eigenvalue weighted by molar-refractivity contribution is 7.89. The van der Waals surface area contributed by atoms with Crippen LogP contribution in [0.4, 0.5) is 5.13 Å². The quantitative estimate of drug-likeness (QED) is 0.317. The van der Waals surface area contributed by atoms with Gasteiger partial charge in [0.1, 0.15) is 17.0 Å². The second-order valence-corrected chi connectivity index (χ2v) is 11.3. The summed E-state index contributed by atoms with van der Waals surface area (Å²) in [5.74, 6) is 0.957. The van der Waals surface area contributed by atoms with E-state index in [0.717, 1.165) is 17.5 Å². The van der Waals surface area contributed by atoms with Crippen molar-refractivity contribution in [2.45, 2.75) is 37.2 Å². The van der Waals surface area contributed by atoms with Crippen LogP contribution in [0.15, 0.2) is 70.2 Å². The molecule has 5 rings (SSSR count). The molecule has 1 saturated carbocycles. The fourth-order valence-corrected chi connectivity index (χ4v) is 6.21. The maximum atomic E-state index is 13.6. The van der Waals surface area contributed by atoms with Gasteiger partial charge in [-0.25, -0.2) is 13.4 Å². The number of carbonyl (C=O) groups is 1. The molecule has 0 atom stereocenters. The normalized spacial score (nSPS) is 13.9. The van der Waals surface area contributed by atoms with E-state index in [-0.39, 0.29) is 23.4 Å². The van der Waals surface area contributed by atoms with Crippen molar-refractivity contribution in [2.24, 2.45) is 0 Å². The van der Waals surface area contributed by atoms with Gasteiger partial charge in [-0.1, -0.05) is 17.4 Å². The first kappa shape index (κ1) is 23.5. The van der Waals surface area contributed by atoms with Crippen molar-refractivity contribution >= 4 is 42.6 Å². The summed E-state index contributed by atoms with van der Waals surface area (Å²) < 4.78 is 39.2. The maximum Gasteiger partial charge on any atom is 0.260 e. The highest BCUT2D eigenvalue weighted by Crippen LogP contribution is 2.36. The van der Waals surface area contributed by atoms with Crippen molar-refractivity contribution < 1.29 is 22.4 Å². The molecule has 1 amide bonds. The number of rotatable bonds is 9. The fraction of sp³-hybridized carbons (Fsp3) is 0.280. The van der Waals surface area contributed by atoms with Crippen molar-refractivity contribution in [1.29, 1.82) is 0 Å². The molecular formula is C25H25N3O5S2. The van der Waals surface area contributed by atoms with Crippen LogP contribution in [0.2, 0.25) is 0 Å². The number of ether oxygens (including phenoxy) is 1. The lowest BCUT2D eigenvalue weighted by molar-refractivity contribution is 0.0983. The monoisotopic (exact) mass is 511 g/mol. The van der Waals surface area contributed by atoms with Gasteiger partial charge < -0.3 is 9.15 Å². The zero-order chi connectivity index (χ0) is 24.6. The van der Waals surface area contributed by atoms with Crippen LogP contribution in [-0.2, 0) is 16.6 Å². The van der Waals surface area contributed by atoms with Crippen LogP contribution in [0.5, 0.6) is 5.75 Å². The SMILES string of the molecule is CCOc1cccc2sc(N(Cc3ccco3)C(=O)c3ccc(S(=O)(=O)N(C)C4CC4)cc3)nc12. The Morgan fingerprint density at radius 2 is 1.91 bits per heavy atom. The number of benzene rings is 2. The third-order valence-electron chi connectivity index (χ3n) is 5.88. The van der Waals surface area contributed by atoms with Crippen molar-refractivity contribution in [3.8, 4) is 5.75 Å². The van der Waals surface area contributed by atoms with Crippen LogP contribution in [0.1, 0.15) is 35.9 Å². The van der Waals surface area contributed by atoms with Gasteiger partial charge in [0.25, 0.3) is 5.91 Å². The molecule has 8 nitrogen and oxygen atoms in total. The lowest BCUT2D eigenvalue weighted by Crippen LogP contribution is -2.31. The van der Waals surface area contributed by atoms with E-state index in [2.05, 4.69) is 0 Å². The summed E-state index contributed by atoms with van der Waals surface area (Å²) in [6.07, 6.45) is 3.31. The lowest BCUT2D eigenvalue weighted by Gasteiger charge is -2.19. The Morgan fingerprint density at radius 3 is 2.57 bits per heavy atom. The Balaban J connectivity index is 1.48. The molecule has 4 aromatic rings. The van der Waals surface area contributed by atoms with Gasteiger partial charge in [-0.2, -0.15) is 4.31 Å². The van der Waals surface area contributed by atoms with E-state index in [0.29, 0.717) is 34.3 Å². The van der Waals surface area contributed by atoms with E-state index in [1.54, 1.807) is 42.5 Å². The van der Waals surface area contributed by atoms with Crippen molar-refractivity contribution in [3.63, 3.8) is 0 Å². The van der Waals surface area contributed by atoms with E-state index >= 15 is 0 Å². The lowest BCUT2D eigenvalue weighted by atomic mass is 10.2. The summed E-state index contributed by atoms with van der Waals surface area (Å²) in [6.45, 7) is 2.59. The third kappa shape index (κ3) is 4.69. The molecule has 0 spiro atoms. The number of anilines is 1. The number of para-hydroxylation sites is 1. The standard InChI is InChI=1S/C25H25N3O5S2/c1-3-32-21-7-4-8-22-23(21)26-25(34-22)28(16-19-6-5-15-33-19)24(29)17-9-13-20(14-10-17)35(30,31)27(2)18-11-12-18/h4-10,13-15,18H,3,11-12,16H2,1-2H3. The van der Waals surface area contributed by atoms with Crippen molar-refractivity contribution in [3.05, 3.63) is 72.2 Å². The minimum absolute atomic E-state index is 0.0608. The first-order valence-electron chi connectivity index (χ1n) is 11.3. The highest BCUT2D eigenvalue weighted by atomic mass is 32.2. The van der Waals surface area contributed by atoms with Crippen LogP contribution in [0, 0.1) is 0 Å². The number of hydrogen-bond acceptors (Lipinski definition) is 7. The first-order valence-corrected chi connectivity index (χ1v) is 13.6. The van der Waals surface area contributed by atoms with E-state index in [9.17, 15) is 13.2 Å². The zero-order valence-corrected chi connectivity index (χ0v) is 21.0. The van der Waals surface area contributed by atoms with Gasteiger partial charge >= 0.3 is 0 Å². The molecule has 35 heavy (non-hydrogen) atoms. The molecule has 2 aromatic heterocycles. The van der Waals surface area contributed by atoms with E-state index < -0.39 is 10.0 Å². The summed E-state index contributed by atoms with van der Waals surface area (Å²) in [7, 11) is -1.99. The Bertz CT molecular complexity index is 1440. The van der Waals surface area contributed by atoms with Gasteiger partial charge in [0, 0.05) is 18.7 Å². The van der Waals surface area contributed by atoms with Gasteiger partial charge in [-0.3, -0.25) is 9.69 Å². The molecule has 1 aliphatic rings. The zero-order valence-electron chi connectivity index (χ0n) is 19.4. The summed E-state index contributed by atoms with van der Waals surface area (Å²) in [6, 6.07) is 15.4. The topological polar surface area (TPSA) is 92.9 Å². The maximum absolute atomic E-state index is 13.6. The second-order valence-electron chi connectivity index (χ2n) is 8.28. The summed E-state index contributed by atoms with van der Waals surface area (Å²) in [5.41, 5.74) is 1.05. The molecule has 10 heteroatoms. The van der Waals surface area contributed by atoms with E-state index in [1.165, 1.54) is 27.8 Å². The molecule has 2 aromatic carbocycles. The Labute approximate surface area is 207 Å². The first-order chi connectivity index (χ1) is 16.9. The van der Waals surface area contributed by atoms with Gasteiger partial charge in [0.15, 0.2) is 5.13 Å². The van der Waals surface area contributed by atoms with Crippen LogP contribution < -0.4 is 9.64 Å². The number of hydrogen-bond donors (Lipinski definition) is 0. The van der Waals surface area contributed by atoms with E-state index in [4.69, 9.17) is 14.1 Å². The van der Waals surface area contributed by atoms with Crippen LogP contribution >= 0.6 is 11.3 Å². The van der Waals surface area contributed by atoms with Crippen molar-refractivity contribution in [1.82, 2.24) is 9.29 Å². The number of carbonyl (C=O) groups excluding carboxylic acids is 1. The second kappa shape index (κ2) is 9.44. The fourth-order valence-electron chi connectivity index (χ4n) is 3.81. The molecule has 182 valence electrons. The highest BCUT2D eigenvalue weighted by Gasteiger charge is 2.35. The molecule has 0 unspecified atom stereocenters. The largest absolute Gasteiger partial charge is 0.492 e. The average Bonchev–Trinajstić information content (AvgIpc) is 3.40. The minimum atomic E-state index is -3.59. The molecule has 1 aliphatic carbocycles. The van der Waals surface area contributed by atoms with Crippen LogP contribution in [0.3, 0.4) is 0 Å². The van der Waals surface area contributed by atoms with Gasteiger partial charge in [0.2, 0.25) is 10.0 Å². The summed E-state index contributed by atoms with van der Waals surface area (Å²) in [5, 5.41) is 0.499. The third-order valence-corrected chi connectivity index (χ3v) is 8.85. The Morgan fingerprint density at radius 1 is 1.14 bits per heavy atom. The van der Waals surface area contributed by atoms with Crippen molar-refractivity contribution in [2.75, 3.05) is 18.6 Å². The number of furan rings is 1. The molecule has 0 bridgehead atoms. The molecule has 0 aliphatic heterocycles. The number of nitrogens with zero attached hydrogens (tertiary/aromatic N) is 3. The molecule has 2 heterocycles. The minimum Gasteiger partial charge on any atom is -0.492 e. The number of sulfonamides is 1. The predicted molar refractivity (Wildman–Crippen MR) is 134 cm³/mol. The number of amides is 1. The number of aromatic nitrogens is 1. The molecule has 0 N–H and O–H groups in total. The predicted octanol–water partition coefficient (Wildman–Crippen LogP) is 4.92. The van der Waals surface area contributed by atoms with Gasteiger partial charge in [0.05, 0.1) is 29.0 Å². The molecule has 0 saturated heterocycles. The van der Waals surface area contributed by atoms with E-state index in [1.807, 2.05) is 25.1 Å². The summed E-state index contributed by atoms with van der Waals surface area (Å²) >= 11 is 1.38.